The number of amides is 1. The number of halogens is 1. The molecule has 0 fully saturated rings. The molecule has 0 saturated carbocycles. The lowest BCUT2D eigenvalue weighted by atomic mass is 10.1. The van der Waals surface area contributed by atoms with E-state index in [9.17, 15) is 9.90 Å². The van der Waals surface area contributed by atoms with E-state index in [1.54, 1.807) is 43.3 Å². The molecule has 4 N–H and O–H groups in total. The van der Waals surface area contributed by atoms with Crippen molar-refractivity contribution in [2.24, 2.45) is 0 Å². The molecule has 0 radical (unpaired) electrons. The summed E-state index contributed by atoms with van der Waals surface area (Å²) in [6.45, 7) is 1.77. The minimum Gasteiger partial charge on any atom is -0.508 e. The Morgan fingerprint density at radius 3 is 2.63 bits per heavy atom. The Labute approximate surface area is 119 Å². The summed E-state index contributed by atoms with van der Waals surface area (Å²) in [5, 5.41) is 12.2. The number of rotatable bonds is 2. The highest BCUT2D eigenvalue weighted by atomic mass is 79.9. The molecule has 0 heterocycles. The molecule has 2 aromatic rings. The molecular formula is C14H13BrN2O2. The van der Waals surface area contributed by atoms with Crippen molar-refractivity contribution in [2.75, 3.05) is 11.1 Å². The SMILES string of the molecule is Cc1cc(NC(=O)c2cc(N)cc(Br)c2)ccc1O. The summed E-state index contributed by atoms with van der Waals surface area (Å²) in [6.07, 6.45) is 0. The first-order chi connectivity index (χ1) is 8.95. The van der Waals surface area contributed by atoms with E-state index in [1.807, 2.05) is 0 Å². The van der Waals surface area contributed by atoms with Gasteiger partial charge in [0.1, 0.15) is 5.75 Å². The Bertz CT molecular complexity index is 621. The highest BCUT2D eigenvalue weighted by Gasteiger charge is 2.08. The quantitative estimate of drug-likeness (QED) is 0.587. The first-order valence-electron chi connectivity index (χ1n) is 5.63. The van der Waals surface area contributed by atoms with Gasteiger partial charge in [-0.2, -0.15) is 0 Å². The van der Waals surface area contributed by atoms with Crippen LogP contribution in [0.3, 0.4) is 0 Å². The second kappa shape index (κ2) is 5.32. The first-order valence-corrected chi connectivity index (χ1v) is 6.42. The molecule has 98 valence electrons. The minimum absolute atomic E-state index is 0.199. The summed E-state index contributed by atoms with van der Waals surface area (Å²) in [5.41, 5.74) is 8.00. The van der Waals surface area contributed by atoms with Crippen molar-refractivity contribution in [2.45, 2.75) is 6.92 Å². The lowest BCUT2D eigenvalue weighted by Crippen LogP contribution is -2.12. The van der Waals surface area contributed by atoms with Crippen LogP contribution in [-0.4, -0.2) is 11.0 Å². The fourth-order valence-electron chi connectivity index (χ4n) is 1.68. The Hall–Kier alpha value is -2.01. The van der Waals surface area contributed by atoms with Crippen molar-refractivity contribution in [3.63, 3.8) is 0 Å². The van der Waals surface area contributed by atoms with Crippen LogP contribution < -0.4 is 11.1 Å². The summed E-state index contributed by atoms with van der Waals surface area (Å²) >= 11 is 3.29. The third-order valence-corrected chi connectivity index (χ3v) is 3.09. The number of carbonyl (C=O) groups excluding carboxylic acids is 1. The molecule has 0 bridgehead atoms. The van der Waals surface area contributed by atoms with E-state index in [-0.39, 0.29) is 11.7 Å². The van der Waals surface area contributed by atoms with Gasteiger partial charge in [-0.3, -0.25) is 4.79 Å². The van der Waals surface area contributed by atoms with Crippen molar-refractivity contribution in [3.8, 4) is 5.75 Å². The number of anilines is 2. The molecular weight excluding hydrogens is 308 g/mol. The summed E-state index contributed by atoms with van der Waals surface area (Å²) in [5.74, 6) is -0.0530. The third kappa shape index (κ3) is 3.26. The fourth-order valence-corrected chi connectivity index (χ4v) is 2.19. The molecule has 1 amide bonds. The largest absolute Gasteiger partial charge is 0.508 e. The Morgan fingerprint density at radius 2 is 2.00 bits per heavy atom. The van der Waals surface area contributed by atoms with E-state index >= 15 is 0 Å². The molecule has 5 heteroatoms. The van der Waals surface area contributed by atoms with Crippen LogP contribution in [0.2, 0.25) is 0 Å². The number of phenolic OH excluding ortho intramolecular Hbond substituents is 1. The first kappa shape index (κ1) is 13.4. The molecule has 0 aliphatic heterocycles. The van der Waals surface area contributed by atoms with Crippen LogP contribution in [0.4, 0.5) is 11.4 Å². The van der Waals surface area contributed by atoms with Gasteiger partial charge in [0.15, 0.2) is 0 Å². The van der Waals surface area contributed by atoms with Gasteiger partial charge in [-0.05, 0) is 48.9 Å². The van der Waals surface area contributed by atoms with Crippen molar-refractivity contribution >= 4 is 33.2 Å². The van der Waals surface area contributed by atoms with Gasteiger partial charge in [0.25, 0.3) is 5.91 Å². The van der Waals surface area contributed by atoms with E-state index < -0.39 is 0 Å². The maximum Gasteiger partial charge on any atom is 0.255 e. The van der Waals surface area contributed by atoms with Crippen LogP contribution in [0.25, 0.3) is 0 Å². The predicted molar refractivity (Wildman–Crippen MR) is 79.4 cm³/mol. The number of nitrogen functional groups attached to an aromatic ring is 1. The van der Waals surface area contributed by atoms with Crippen molar-refractivity contribution in [1.82, 2.24) is 0 Å². The Balaban J connectivity index is 2.22. The monoisotopic (exact) mass is 320 g/mol. The normalized spacial score (nSPS) is 10.2. The van der Waals surface area contributed by atoms with Gasteiger partial charge in [0.05, 0.1) is 0 Å². The van der Waals surface area contributed by atoms with E-state index in [4.69, 9.17) is 5.73 Å². The number of phenols is 1. The third-order valence-electron chi connectivity index (χ3n) is 2.64. The minimum atomic E-state index is -0.252. The van der Waals surface area contributed by atoms with Gasteiger partial charge in [0, 0.05) is 21.4 Å². The smallest absolute Gasteiger partial charge is 0.255 e. The fraction of sp³-hybridized carbons (Fsp3) is 0.0714. The number of nitrogens with one attached hydrogen (secondary N) is 1. The second-order valence-corrected chi connectivity index (χ2v) is 5.14. The summed E-state index contributed by atoms with van der Waals surface area (Å²) in [6, 6.07) is 9.91. The predicted octanol–water partition coefficient (Wildman–Crippen LogP) is 3.30. The number of nitrogens with two attached hydrogens (primary N) is 1. The van der Waals surface area contributed by atoms with Crippen molar-refractivity contribution in [3.05, 3.63) is 52.0 Å². The maximum absolute atomic E-state index is 12.1. The topological polar surface area (TPSA) is 75.4 Å². The molecule has 2 rings (SSSR count). The van der Waals surface area contributed by atoms with E-state index in [0.717, 1.165) is 4.47 Å². The van der Waals surface area contributed by atoms with Gasteiger partial charge in [-0.1, -0.05) is 15.9 Å². The van der Waals surface area contributed by atoms with Gasteiger partial charge in [-0.25, -0.2) is 0 Å². The van der Waals surface area contributed by atoms with Gasteiger partial charge in [0.2, 0.25) is 0 Å². The molecule has 2 aromatic carbocycles. The lowest BCUT2D eigenvalue weighted by molar-refractivity contribution is 0.102. The number of hydrogen-bond acceptors (Lipinski definition) is 3. The highest BCUT2D eigenvalue weighted by molar-refractivity contribution is 9.10. The summed E-state index contributed by atoms with van der Waals surface area (Å²) in [7, 11) is 0. The van der Waals surface area contributed by atoms with Crippen LogP contribution in [0.15, 0.2) is 40.9 Å². The molecule has 0 aromatic heterocycles. The van der Waals surface area contributed by atoms with Crippen molar-refractivity contribution in [1.29, 1.82) is 0 Å². The zero-order valence-electron chi connectivity index (χ0n) is 10.3. The molecule has 0 spiro atoms. The molecule has 0 saturated heterocycles. The molecule has 19 heavy (non-hydrogen) atoms. The van der Waals surface area contributed by atoms with Gasteiger partial charge in [-0.15, -0.1) is 0 Å². The van der Waals surface area contributed by atoms with Crippen LogP contribution in [0, 0.1) is 6.92 Å². The summed E-state index contributed by atoms with van der Waals surface area (Å²) in [4.78, 5) is 12.1. The Kier molecular flexibility index (Phi) is 3.76. The molecule has 0 atom stereocenters. The number of carbonyl (C=O) groups is 1. The molecule has 4 nitrogen and oxygen atoms in total. The number of benzene rings is 2. The highest BCUT2D eigenvalue weighted by Crippen LogP contribution is 2.22. The standard InChI is InChI=1S/C14H13BrN2O2/c1-8-4-12(2-3-13(8)18)17-14(19)9-5-10(15)7-11(16)6-9/h2-7,18H,16H2,1H3,(H,17,19). The molecule has 0 unspecified atom stereocenters. The van der Waals surface area contributed by atoms with Crippen LogP contribution in [0.5, 0.6) is 5.75 Å². The van der Waals surface area contributed by atoms with Gasteiger partial charge < -0.3 is 16.2 Å². The van der Waals surface area contributed by atoms with Crippen LogP contribution in [-0.2, 0) is 0 Å². The summed E-state index contributed by atoms with van der Waals surface area (Å²) < 4.78 is 0.750. The number of hydrogen-bond donors (Lipinski definition) is 3. The number of aromatic hydroxyl groups is 1. The van der Waals surface area contributed by atoms with Gasteiger partial charge >= 0.3 is 0 Å². The van der Waals surface area contributed by atoms with E-state index in [2.05, 4.69) is 21.2 Å². The number of aryl methyl sites for hydroxylation is 1. The molecule has 0 aliphatic carbocycles. The van der Waals surface area contributed by atoms with Crippen LogP contribution in [0.1, 0.15) is 15.9 Å². The van der Waals surface area contributed by atoms with Crippen LogP contribution >= 0.6 is 15.9 Å². The average Bonchev–Trinajstić information content (AvgIpc) is 2.32. The van der Waals surface area contributed by atoms with E-state index in [0.29, 0.717) is 22.5 Å². The second-order valence-electron chi connectivity index (χ2n) is 4.23. The zero-order chi connectivity index (χ0) is 14.0. The van der Waals surface area contributed by atoms with Crippen molar-refractivity contribution < 1.29 is 9.90 Å². The Morgan fingerprint density at radius 1 is 1.26 bits per heavy atom. The zero-order valence-corrected chi connectivity index (χ0v) is 11.9. The van der Waals surface area contributed by atoms with E-state index in [1.165, 1.54) is 0 Å². The lowest BCUT2D eigenvalue weighted by Gasteiger charge is -2.08. The molecule has 0 aliphatic rings. The maximum atomic E-state index is 12.1. The average molecular weight is 321 g/mol.